The molecule has 0 aliphatic rings. The third-order valence-electron chi connectivity index (χ3n) is 6.13. The number of carbonyl (C=O) groups is 1. The van der Waals surface area contributed by atoms with Crippen LogP contribution in [0.4, 0.5) is 21.9 Å². The fourth-order valence-electron chi connectivity index (χ4n) is 4.21. The minimum atomic E-state index is -3.63. The van der Waals surface area contributed by atoms with Gasteiger partial charge in [0.25, 0.3) is 0 Å². The van der Waals surface area contributed by atoms with E-state index in [1.165, 1.54) is 14.2 Å². The Morgan fingerprint density at radius 2 is 1.43 bits per heavy atom. The Hall–Kier alpha value is -4.85. The molecule has 1 aromatic heterocycles. The number of fused-ring (bicyclic) bond motifs is 1. The second-order valence-electron chi connectivity index (χ2n) is 11.1. The van der Waals surface area contributed by atoms with Crippen LogP contribution in [0.1, 0.15) is 40.2 Å². The maximum Gasteiger partial charge on any atom is 0.331 e. The Bertz CT molecular complexity index is 1790. The van der Waals surface area contributed by atoms with Gasteiger partial charge in [0.2, 0.25) is 10.0 Å². The highest BCUT2D eigenvalue weighted by atomic mass is 32.2. The van der Waals surface area contributed by atoms with Crippen LogP contribution in [0.25, 0.3) is 10.8 Å². The number of benzene rings is 3. The number of hydrogen-bond acceptors (Lipinski definition) is 10. The first-order chi connectivity index (χ1) is 20.7. The molecular weight excluding hydrogens is 588 g/mol. The van der Waals surface area contributed by atoms with Gasteiger partial charge in [0.15, 0.2) is 5.75 Å². The Morgan fingerprint density at radius 1 is 0.818 bits per heavy atom. The molecule has 0 saturated carbocycles. The fourth-order valence-corrected chi connectivity index (χ4v) is 4.77. The Kier molecular flexibility index (Phi) is 9.33. The number of methoxy groups -OCH3 is 2. The number of urea groups is 1. The molecular formula is C30H36N6O7S. The van der Waals surface area contributed by atoms with E-state index in [-0.39, 0.29) is 46.7 Å². The molecule has 0 fully saturated rings. The number of hydrogen-bond donors (Lipinski definition) is 3. The molecule has 3 aromatic carbocycles. The van der Waals surface area contributed by atoms with E-state index in [1.807, 2.05) is 58.9 Å². The highest BCUT2D eigenvalue weighted by Crippen LogP contribution is 2.40. The average Bonchev–Trinajstić information content (AvgIpc) is 2.92. The van der Waals surface area contributed by atoms with Crippen molar-refractivity contribution in [1.82, 2.24) is 15.0 Å². The van der Waals surface area contributed by atoms with Crippen molar-refractivity contribution in [3.05, 3.63) is 54.1 Å². The van der Waals surface area contributed by atoms with E-state index >= 15 is 0 Å². The number of nitrogens with zero attached hydrogens (tertiary/aromatic N) is 3. The van der Waals surface area contributed by atoms with Gasteiger partial charge in [-0.1, -0.05) is 45.0 Å². The molecule has 0 aliphatic heterocycles. The summed E-state index contributed by atoms with van der Waals surface area (Å²) in [6.07, 6.45) is 0.871. The number of carbonyl (C=O) groups excluding carboxylic acids is 1. The summed E-state index contributed by atoms with van der Waals surface area (Å²) in [5.41, 5.74) is 1.41. The first kappa shape index (κ1) is 32.1. The van der Waals surface area contributed by atoms with Crippen molar-refractivity contribution in [2.24, 2.45) is 0 Å². The molecule has 0 atom stereocenters. The Balaban J connectivity index is 1.66. The maximum absolute atomic E-state index is 13.3. The van der Waals surface area contributed by atoms with Crippen molar-refractivity contribution in [3.63, 3.8) is 0 Å². The van der Waals surface area contributed by atoms with Crippen molar-refractivity contribution in [2.45, 2.75) is 46.1 Å². The molecule has 2 amide bonds. The zero-order valence-corrected chi connectivity index (χ0v) is 26.6. The molecule has 0 bridgehead atoms. The highest BCUT2D eigenvalue weighted by molar-refractivity contribution is 7.92. The van der Waals surface area contributed by atoms with E-state index in [2.05, 4.69) is 30.3 Å². The summed E-state index contributed by atoms with van der Waals surface area (Å²) >= 11 is 0. The molecule has 0 unspecified atom stereocenters. The first-order valence-corrected chi connectivity index (χ1v) is 15.5. The van der Waals surface area contributed by atoms with Crippen LogP contribution in [0.3, 0.4) is 0 Å². The Labute approximate surface area is 256 Å². The van der Waals surface area contributed by atoms with E-state index < -0.39 is 16.1 Å². The van der Waals surface area contributed by atoms with Crippen molar-refractivity contribution in [3.8, 4) is 29.5 Å². The van der Waals surface area contributed by atoms with Crippen LogP contribution in [-0.2, 0) is 15.4 Å². The number of anilines is 3. The van der Waals surface area contributed by atoms with Crippen LogP contribution >= 0.6 is 0 Å². The predicted molar refractivity (Wildman–Crippen MR) is 169 cm³/mol. The molecule has 0 saturated heterocycles. The van der Waals surface area contributed by atoms with Crippen molar-refractivity contribution < 1.29 is 32.2 Å². The molecule has 3 N–H and O–H groups in total. The summed E-state index contributed by atoms with van der Waals surface area (Å²) in [5.74, 6) is 0.590. The molecule has 4 aromatic rings. The molecule has 4 rings (SSSR count). The summed E-state index contributed by atoms with van der Waals surface area (Å²) in [6, 6.07) is 13.6. The second kappa shape index (κ2) is 12.8. The lowest BCUT2D eigenvalue weighted by atomic mass is 9.86. The van der Waals surface area contributed by atoms with E-state index in [9.17, 15) is 13.2 Å². The van der Waals surface area contributed by atoms with E-state index in [4.69, 9.17) is 18.9 Å². The van der Waals surface area contributed by atoms with E-state index in [0.29, 0.717) is 22.2 Å². The van der Waals surface area contributed by atoms with Crippen LogP contribution < -0.4 is 34.3 Å². The van der Waals surface area contributed by atoms with Crippen LogP contribution in [0.2, 0.25) is 0 Å². The zero-order valence-electron chi connectivity index (χ0n) is 25.8. The second-order valence-corrected chi connectivity index (χ2v) is 12.9. The minimum absolute atomic E-state index is 0.0274. The number of sulfonamides is 1. The molecule has 0 aliphatic carbocycles. The average molecular weight is 625 g/mol. The topological polar surface area (TPSA) is 163 Å². The molecule has 234 valence electrons. The number of nitrogens with one attached hydrogen (secondary N) is 3. The van der Waals surface area contributed by atoms with Gasteiger partial charge >= 0.3 is 24.1 Å². The fraction of sp³-hybridized carbons (Fsp3) is 0.333. The summed E-state index contributed by atoms with van der Waals surface area (Å²) < 4.78 is 48.9. The lowest BCUT2D eigenvalue weighted by Crippen LogP contribution is -2.22. The summed E-state index contributed by atoms with van der Waals surface area (Å²) in [5, 5.41) is 7.02. The van der Waals surface area contributed by atoms with E-state index in [1.54, 1.807) is 24.3 Å². The van der Waals surface area contributed by atoms with Crippen molar-refractivity contribution in [1.29, 1.82) is 0 Å². The standard InChI is InChI=1S/C30H36N6O7S/c1-17(2)42-28-33-27(41-7)34-29(35-28)43-24-14-13-21(19-11-9-10-12-20(19)24)31-26(37)32-22-15-18(30(3,4)5)16-23(25(22)40-6)36-44(8,38)39/h9-17,36H,1-8H3,(H2,31,32,37). The highest BCUT2D eigenvalue weighted by Gasteiger charge is 2.23. The van der Waals surface area contributed by atoms with Gasteiger partial charge in [0, 0.05) is 10.8 Å². The lowest BCUT2D eigenvalue weighted by Gasteiger charge is -2.24. The van der Waals surface area contributed by atoms with Gasteiger partial charge in [0.05, 0.1) is 43.6 Å². The summed E-state index contributed by atoms with van der Waals surface area (Å²) in [6.45, 7) is 9.61. The number of aromatic nitrogens is 3. The van der Waals surface area contributed by atoms with Crippen LogP contribution in [-0.4, -0.2) is 56.0 Å². The number of rotatable bonds is 10. The van der Waals surface area contributed by atoms with Gasteiger partial charge < -0.3 is 29.6 Å². The van der Waals surface area contributed by atoms with E-state index in [0.717, 1.165) is 11.8 Å². The molecule has 0 radical (unpaired) electrons. The maximum atomic E-state index is 13.3. The van der Waals surface area contributed by atoms with Gasteiger partial charge in [-0.05, 0) is 49.1 Å². The zero-order chi connectivity index (χ0) is 32.2. The number of ether oxygens (including phenoxy) is 4. The summed E-state index contributed by atoms with van der Waals surface area (Å²) in [4.78, 5) is 25.8. The van der Waals surface area contributed by atoms with Crippen LogP contribution in [0.5, 0.6) is 29.5 Å². The quantitative estimate of drug-likeness (QED) is 0.193. The number of amides is 2. The molecule has 44 heavy (non-hydrogen) atoms. The largest absolute Gasteiger partial charge is 0.492 e. The van der Waals surface area contributed by atoms with Gasteiger partial charge in [-0.15, -0.1) is 15.0 Å². The predicted octanol–water partition coefficient (Wildman–Crippen LogP) is 5.93. The molecule has 1 heterocycles. The van der Waals surface area contributed by atoms with Gasteiger partial charge in [-0.2, -0.15) is 0 Å². The summed E-state index contributed by atoms with van der Waals surface area (Å²) in [7, 11) is -0.800. The van der Waals surface area contributed by atoms with Crippen molar-refractivity contribution in [2.75, 3.05) is 35.8 Å². The molecule has 14 heteroatoms. The monoisotopic (exact) mass is 624 g/mol. The van der Waals surface area contributed by atoms with Gasteiger partial charge in [-0.25, -0.2) is 13.2 Å². The SMILES string of the molecule is COc1nc(Oc2ccc(NC(=O)Nc3cc(C(C)(C)C)cc(NS(C)(=O)=O)c3OC)c3ccccc23)nc(OC(C)C)n1. The third kappa shape index (κ3) is 7.95. The Morgan fingerprint density at radius 3 is 2.05 bits per heavy atom. The molecule has 0 spiro atoms. The third-order valence-corrected chi connectivity index (χ3v) is 6.72. The van der Waals surface area contributed by atoms with Gasteiger partial charge in [0.1, 0.15) is 5.75 Å². The van der Waals surface area contributed by atoms with Crippen molar-refractivity contribution >= 4 is 43.9 Å². The normalized spacial score (nSPS) is 11.7. The molecule has 13 nitrogen and oxygen atoms in total. The lowest BCUT2D eigenvalue weighted by molar-refractivity contribution is 0.213. The minimum Gasteiger partial charge on any atom is -0.492 e. The smallest absolute Gasteiger partial charge is 0.331 e. The van der Waals surface area contributed by atoms with Crippen LogP contribution in [0.15, 0.2) is 48.5 Å². The first-order valence-electron chi connectivity index (χ1n) is 13.6. The van der Waals surface area contributed by atoms with Gasteiger partial charge in [-0.3, -0.25) is 4.72 Å². The van der Waals surface area contributed by atoms with Crippen LogP contribution in [0, 0.1) is 0 Å².